The molecule has 2 aliphatic rings. The standard InChI is InChI=1S/C41H24Cl2F2O4/c42-34-15-22(9-11-36(34)44)13-26-20-48-40-30(28-7-3-1-5-24(28)17-32(40)38(26)46)19-31-29-8-4-2-6-25(29)18-33-39(47)27(21-49-41(31)33)14-23-10-12-37(45)35(43)16-23/h1-18H,19-21H2/b26-13+,27-14+. The highest BCUT2D eigenvalue weighted by Gasteiger charge is 2.31. The molecule has 0 amide bonds. The lowest BCUT2D eigenvalue weighted by atomic mass is 9.86. The minimum Gasteiger partial charge on any atom is -0.488 e. The van der Waals surface area contributed by atoms with Crippen LogP contribution >= 0.6 is 23.2 Å². The Labute approximate surface area is 289 Å². The van der Waals surface area contributed by atoms with Crippen molar-refractivity contribution in [3.63, 3.8) is 0 Å². The number of halogens is 4. The van der Waals surface area contributed by atoms with Crippen LogP contribution in [0.3, 0.4) is 0 Å². The Morgan fingerprint density at radius 1 is 0.592 bits per heavy atom. The molecule has 2 aliphatic heterocycles. The number of hydrogen-bond donors (Lipinski definition) is 0. The highest BCUT2D eigenvalue weighted by atomic mass is 35.5. The van der Waals surface area contributed by atoms with Gasteiger partial charge in [0.05, 0.1) is 21.2 Å². The van der Waals surface area contributed by atoms with Crippen LogP contribution in [0.5, 0.6) is 11.5 Å². The quantitative estimate of drug-likeness (QED) is 0.173. The fourth-order valence-electron chi connectivity index (χ4n) is 6.60. The van der Waals surface area contributed by atoms with Gasteiger partial charge in [0.1, 0.15) is 36.3 Å². The van der Waals surface area contributed by atoms with Crippen LogP contribution in [0.15, 0.2) is 108 Å². The fourth-order valence-corrected chi connectivity index (χ4v) is 6.98. The molecule has 6 aromatic rings. The molecule has 240 valence electrons. The summed E-state index contributed by atoms with van der Waals surface area (Å²) in [6.45, 7) is 0.0205. The second kappa shape index (κ2) is 12.3. The second-order valence-electron chi connectivity index (χ2n) is 12.0. The first-order valence-corrected chi connectivity index (χ1v) is 16.3. The van der Waals surface area contributed by atoms with E-state index in [1.54, 1.807) is 24.3 Å². The minimum absolute atomic E-state index is 0.0103. The first-order valence-electron chi connectivity index (χ1n) is 15.5. The van der Waals surface area contributed by atoms with Crippen LogP contribution in [0.2, 0.25) is 10.0 Å². The predicted molar refractivity (Wildman–Crippen MR) is 189 cm³/mol. The molecule has 0 aromatic heterocycles. The summed E-state index contributed by atoms with van der Waals surface area (Å²) in [6.07, 6.45) is 3.64. The molecular weight excluding hydrogens is 665 g/mol. The largest absolute Gasteiger partial charge is 0.488 e. The molecule has 0 N–H and O–H groups in total. The summed E-state index contributed by atoms with van der Waals surface area (Å²) in [5, 5.41) is 3.46. The zero-order valence-corrected chi connectivity index (χ0v) is 27.2. The van der Waals surface area contributed by atoms with Gasteiger partial charge in [-0.3, -0.25) is 9.59 Å². The molecule has 6 aromatic carbocycles. The van der Waals surface area contributed by atoms with Gasteiger partial charge in [-0.25, -0.2) is 8.78 Å². The predicted octanol–water partition coefficient (Wildman–Crippen LogP) is 10.5. The highest BCUT2D eigenvalue weighted by molar-refractivity contribution is 6.31. The summed E-state index contributed by atoms with van der Waals surface area (Å²) >= 11 is 12.0. The summed E-state index contributed by atoms with van der Waals surface area (Å²) in [6, 6.07) is 27.8. The van der Waals surface area contributed by atoms with Crippen LogP contribution in [-0.2, 0) is 6.42 Å². The molecule has 49 heavy (non-hydrogen) atoms. The molecule has 8 rings (SSSR count). The number of fused-ring (bicyclic) bond motifs is 4. The first-order chi connectivity index (χ1) is 23.7. The van der Waals surface area contributed by atoms with Crippen molar-refractivity contribution in [3.05, 3.63) is 163 Å². The molecule has 0 radical (unpaired) electrons. The van der Waals surface area contributed by atoms with Crippen molar-refractivity contribution in [1.29, 1.82) is 0 Å². The van der Waals surface area contributed by atoms with Crippen molar-refractivity contribution in [3.8, 4) is 11.5 Å². The van der Waals surface area contributed by atoms with Crippen molar-refractivity contribution in [2.75, 3.05) is 13.2 Å². The summed E-state index contributed by atoms with van der Waals surface area (Å²) < 4.78 is 40.3. The molecule has 0 spiro atoms. The molecule has 8 heteroatoms. The fraction of sp³-hybridized carbons (Fsp3) is 0.0732. The number of carbonyl (C=O) groups excluding carboxylic acids is 2. The zero-order chi connectivity index (χ0) is 33.8. The van der Waals surface area contributed by atoms with Gasteiger partial charge in [0.25, 0.3) is 0 Å². The number of Topliss-reactive ketones (excluding diaryl/α,β-unsaturated/α-hetero) is 2. The first kappa shape index (κ1) is 31.0. The number of benzene rings is 6. The van der Waals surface area contributed by atoms with Crippen LogP contribution < -0.4 is 9.47 Å². The number of ether oxygens (including phenoxy) is 2. The average Bonchev–Trinajstić information content (AvgIpc) is 3.10. The van der Waals surface area contributed by atoms with Crippen molar-refractivity contribution >= 4 is 68.5 Å². The maximum Gasteiger partial charge on any atom is 0.196 e. The van der Waals surface area contributed by atoms with Gasteiger partial charge < -0.3 is 9.47 Å². The van der Waals surface area contributed by atoms with Crippen LogP contribution in [0, 0.1) is 11.6 Å². The molecule has 0 atom stereocenters. The Morgan fingerprint density at radius 2 is 1.02 bits per heavy atom. The summed E-state index contributed by atoms with van der Waals surface area (Å²) in [4.78, 5) is 28.0. The van der Waals surface area contributed by atoms with Crippen molar-refractivity contribution in [2.45, 2.75) is 6.42 Å². The van der Waals surface area contributed by atoms with Crippen LogP contribution in [0.4, 0.5) is 8.78 Å². The zero-order valence-electron chi connectivity index (χ0n) is 25.7. The van der Waals surface area contributed by atoms with Crippen molar-refractivity contribution < 1.29 is 27.8 Å². The van der Waals surface area contributed by atoms with E-state index in [9.17, 15) is 18.4 Å². The topological polar surface area (TPSA) is 52.6 Å². The SMILES string of the molecule is O=C1/C(=C/c2ccc(F)c(Cl)c2)COc2c1cc1ccccc1c2Cc1c2c(cc3ccccc13)C(=O)/C(=C/c1ccc(F)c(Cl)c1)CO2. The number of rotatable bonds is 4. The molecule has 0 bridgehead atoms. The summed E-state index contributed by atoms with van der Waals surface area (Å²) in [5.74, 6) is -0.539. The van der Waals surface area contributed by atoms with Gasteiger partial charge in [0.15, 0.2) is 11.6 Å². The lowest BCUT2D eigenvalue weighted by molar-refractivity contribution is 0.0993. The third kappa shape index (κ3) is 5.57. The van der Waals surface area contributed by atoms with Crippen molar-refractivity contribution in [2.24, 2.45) is 0 Å². The van der Waals surface area contributed by atoms with Crippen LogP contribution in [0.1, 0.15) is 43.0 Å². The maximum absolute atomic E-state index is 14.0. The van der Waals surface area contributed by atoms with Gasteiger partial charge in [0, 0.05) is 28.7 Å². The van der Waals surface area contributed by atoms with E-state index in [1.807, 2.05) is 60.7 Å². The van der Waals surface area contributed by atoms with Gasteiger partial charge in [0.2, 0.25) is 0 Å². The molecule has 4 nitrogen and oxygen atoms in total. The Hall–Kier alpha value is -5.30. The van der Waals surface area contributed by atoms with E-state index >= 15 is 0 Å². The van der Waals surface area contributed by atoms with E-state index in [0.29, 0.717) is 51.3 Å². The van der Waals surface area contributed by atoms with Crippen molar-refractivity contribution in [1.82, 2.24) is 0 Å². The number of ketones is 2. The Balaban J connectivity index is 1.25. The molecule has 0 fully saturated rings. The Kier molecular flexibility index (Phi) is 7.78. The Morgan fingerprint density at radius 3 is 1.45 bits per heavy atom. The van der Waals surface area contributed by atoms with E-state index in [2.05, 4.69) is 0 Å². The van der Waals surface area contributed by atoms with E-state index in [1.165, 1.54) is 24.3 Å². The number of hydrogen-bond acceptors (Lipinski definition) is 4. The van der Waals surface area contributed by atoms with E-state index in [0.717, 1.165) is 32.7 Å². The van der Waals surface area contributed by atoms with Crippen LogP contribution in [-0.4, -0.2) is 24.8 Å². The summed E-state index contributed by atoms with van der Waals surface area (Å²) in [7, 11) is 0. The average molecular weight is 690 g/mol. The van der Waals surface area contributed by atoms with Gasteiger partial charge in [-0.05, 0) is 81.2 Å². The Bertz CT molecular complexity index is 2290. The normalized spacial score (nSPS) is 15.8. The van der Waals surface area contributed by atoms with Gasteiger partial charge in [-0.2, -0.15) is 0 Å². The monoisotopic (exact) mass is 688 g/mol. The molecule has 0 unspecified atom stereocenters. The van der Waals surface area contributed by atoms with Crippen LogP contribution in [0.25, 0.3) is 33.7 Å². The maximum atomic E-state index is 14.0. The molecular formula is C41H24Cl2F2O4. The third-order valence-electron chi connectivity index (χ3n) is 8.95. The van der Waals surface area contributed by atoms with E-state index in [-0.39, 0.29) is 34.8 Å². The molecule has 0 saturated heterocycles. The second-order valence-corrected chi connectivity index (χ2v) is 12.8. The van der Waals surface area contributed by atoms with E-state index < -0.39 is 11.6 Å². The molecule has 0 aliphatic carbocycles. The molecule has 2 heterocycles. The third-order valence-corrected chi connectivity index (χ3v) is 9.53. The number of carbonyl (C=O) groups is 2. The lowest BCUT2D eigenvalue weighted by Crippen LogP contribution is -2.22. The van der Waals surface area contributed by atoms with Gasteiger partial charge in [-0.1, -0.05) is 83.9 Å². The lowest BCUT2D eigenvalue weighted by Gasteiger charge is -2.26. The smallest absolute Gasteiger partial charge is 0.196 e. The van der Waals surface area contributed by atoms with Gasteiger partial charge in [-0.15, -0.1) is 0 Å². The summed E-state index contributed by atoms with van der Waals surface area (Å²) in [5.41, 5.74) is 4.40. The highest BCUT2D eigenvalue weighted by Crippen LogP contribution is 2.43. The van der Waals surface area contributed by atoms with Gasteiger partial charge >= 0.3 is 0 Å². The molecule has 0 saturated carbocycles. The minimum atomic E-state index is -0.539. The van der Waals surface area contributed by atoms with E-state index in [4.69, 9.17) is 32.7 Å².